The van der Waals surface area contributed by atoms with Gasteiger partial charge in [0.05, 0.1) is 0 Å². The van der Waals surface area contributed by atoms with Crippen LogP contribution in [-0.4, -0.2) is 17.2 Å². The number of nitrogens with one attached hydrogen (secondary N) is 2. The second-order valence-electron chi connectivity index (χ2n) is 3.87. The molecule has 0 spiro atoms. The molecule has 4 nitrogen and oxygen atoms in total. The highest BCUT2D eigenvalue weighted by molar-refractivity contribution is 5.89. The maximum absolute atomic E-state index is 11.4. The number of phenolic OH excluding ortho intramolecular Hbond substituents is 1. The van der Waals surface area contributed by atoms with Crippen LogP contribution >= 0.6 is 0 Å². The predicted molar refractivity (Wildman–Crippen MR) is 58.0 cm³/mol. The highest BCUT2D eigenvalue weighted by Crippen LogP contribution is 2.21. The molecule has 4 heteroatoms. The molecule has 1 aromatic rings. The van der Waals surface area contributed by atoms with Gasteiger partial charge < -0.3 is 15.7 Å². The third-order valence-electron chi connectivity index (χ3n) is 2.37. The van der Waals surface area contributed by atoms with Crippen molar-refractivity contribution in [1.82, 2.24) is 5.32 Å². The molecule has 1 fully saturated rings. The summed E-state index contributed by atoms with van der Waals surface area (Å²) in [5.41, 5.74) is 1.45. The van der Waals surface area contributed by atoms with E-state index in [1.165, 1.54) is 0 Å². The van der Waals surface area contributed by atoms with E-state index in [1.54, 1.807) is 25.1 Å². The lowest BCUT2D eigenvalue weighted by Crippen LogP contribution is -2.30. The molecule has 0 unspecified atom stereocenters. The van der Waals surface area contributed by atoms with Gasteiger partial charge in [-0.3, -0.25) is 0 Å². The van der Waals surface area contributed by atoms with E-state index in [9.17, 15) is 9.90 Å². The van der Waals surface area contributed by atoms with Gasteiger partial charge in [0.2, 0.25) is 0 Å². The Morgan fingerprint density at radius 2 is 2.20 bits per heavy atom. The van der Waals surface area contributed by atoms with E-state index in [0.29, 0.717) is 11.7 Å². The van der Waals surface area contributed by atoms with Crippen molar-refractivity contribution >= 4 is 11.7 Å². The summed E-state index contributed by atoms with van der Waals surface area (Å²) in [5, 5.41) is 14.8. The van der Waals surface area contributed by atoms with Crippen LogP contribution in [-0.2, 0) is 0 Å². The van der Waals surface area contributed by atoms with Crippen LogP contribution in [0.15, 0.2) is 18.2 Å². The Morgan fingerprint density at radius 1 is 1.47 bits per heavy atom. The minimum Gasteiger partial charge on any atom is -0.508 e. The number of hydrogen-bond acceptors (Lipinski definition) is 2. The Bertz CT molecular complexity index is 386. The smallest absolute Gasteiger partial charge is 0.319 e. The lowest BCUT2D eigenvalue weighted by molar-refractivity contribution is 0.251. The maximum Gasteiger partial charge on any atom is 0.319 e. The lowest BCUT2D eigenvalue weighted by atomic mass is 10.2. The number of phenols is 1. The van der Waals surface area contributed by atoms with Gasteiger partial charge in [-0.25, -0.2) is 4.79 Å². The second-order valence-corrected chi connectivity index (χ2v) is 3.87. The standard InChI is InChI=1S/C11H14N2O2/c1-7-6-9(4-5-10(7)14)13-11(15)12-8-2-3-8/h4-6,8,14H,2-3H2,1H3,(H2,12,13,15). The molecule has 0 radical (unpaired) electrons. The van der Waals surface area contributed by atoms with Crippen LogP contribution in [0.5, 0.6) is 5.75 Å². The quantitative estimate of drug-likeness (QED) is 0.648. The van der Waals surface area contributed by atoms with Crippen molar-refractivity contribution in [2.75, 3.05) is 5.32 Å². The number of benzene rings is 1. The summed E-state index contributed by atoms with van der Waals surface area (Å²) in [6.45, 7) is 1.79. The Balaban J connectivity index is 1.97. The monoisotopic (exact) mass is 206 g/mol. The molecule has 0 bridgehead atoms. The van der Waals surface area contributed by atoms with Crippen LogP contribution in [0.2, 0.25) is 0 Å². The number of urea groups is 1. The molecule has 1 aliphatic rings. The summed E-state index contributed by atoms with van der Waals surface area (Å²) in [7, 11) is 0. The van der Waals surface area contributed by atoms with Crippen molar-refractivity contribution in [3.05, 3.63) is 23.8 Å². The largest absolute Gasteiger partial charge is 0.508 e. The van der Waals surface area contributed by atoms with Gasteiger partial charge in [-0.15, -0.1) is 0 Å². The summed E-state index contributed by atoms with van der Waals surface area (Å²) in [6, 6.07) is 5.16. The number of anilines is 1. The van der Waals surface area contributed by atoms with Gasteiger partial charge in [-0.05, 0) is 43.5 Å². The van der Waals surface area contributed by atoms with Crippen LogP contribution in [0, 0.1) is 6.92 Å². The third kappa shape index (κ3) is 2.62. The van der Waals surface area contributed by atoms with E-state index in [1.807, 2.05) is 0 Å². The van der Waals surface area contributed by atoms with Gasteiger partial charge in [-0.2, -0.15) is 0 Å². The fraction of sp³-hybridized carbons (Fsp3) is 0.364. The first kappa shape index (κ1) is 9.83. The topological polar surface area (TPSA) is 61.4 Å². The Kier molecular flexibility index (Phi) is 2.49. The van der Waals surface area contributed by atoms with E-state index in [2.05, 4.69) is 10.6 Å². The number of rotatable bonds is 2. The molecule has 0 atom stereocenters. The fourth-order valence-electron chi connectivity index (χ4n) is 1.31. The van der Waals surface area contributed by atoms with E-state index < -0.39 is 0 Å². The van der Waals surface area contributed by atoms with Crippen molar-refractivity contribution in [3.8, 4) is 5.75 Å². The predicted octanol–water partition coefficient (Wildman–Crippen LogP) is 1.98. The highest BCUT2D eigenvalue weighted by Gasteiger charge is 2.23. The zero-order valence-corrected chi connectivity index (χ0v) is 8.58. The molecule has 80 valence electrons. The van der Waals surface area contributed by atoms with Crippen LogP contribution in [0.3, 0.4) is 0 Å². The van der Waals surface area contributed by atoms with Gasteiger partial charge in [-0.1, -0.05) is 0 Å². The van der Waals surface area contributed by atoms with Gasteiger partial charge in [0.15, 0.2) is 0 Å². The number of carbonyl (C=O) groups excluding carboxylic acids is 1. The molecule has 0 aromatic heterocycles. The molecule has 0 aliphatic heterocycles. The summed E-state index contributed by atoms with van der Waals surface area (Å²) >= 11 is 0. The molecule has 1 saturated carbocycles. The summed E-state index contributed by atoms with van der Waals surface area (Å²) in [4.78, 5) is 11.4. The minimum atomic E-state index is -0.178. The number of carbonyl (C=O) groups is 1. The second kappa shape index (κ2) is 3.81. The normalized spacial score (nSPS) is 14.7. The van der Waals surface area contributed by atoms with Gasteiger partial charge >= 0.3 is 6.03 Å². The molecule has 3 N–H and O–H groups in total. The lowest BCUT2D eigenvalue weighted by Gasteiger charge is -2.07. The van der Waals surface area contributed by atoms with Crippen LogP contribution in [0.1, 0.15) is 18.4 Å². The van der Waals surface area contributed by atoms with Crippen molar-refractivity contribution in [3.63, 3.8) is 0 Å². The van der Waals surface area contributed by atoms with Gasteiger partial charge in [0.1, 0.15) is 5.75 Å². The number of hydrogen-bond donors (Lipinski definition) is 3. The molecule has 1 aliphatic carbocycles. The van der Waals surface area contributed by atoms with Crippen molar-refractivity contribution in [2.24, 2.45) is 0 Å². The third-order valence-corrected chi connectivity index (χ3v) is 2.37. The molecule has 0 heterocycles. The Labute approximate surface area is 88.3 Å². The van der Waals surface area contributed by atoms with Crippen LogP contribution < -0.4 is 10.6 Å². The minimum absolute atomic E-state index is 0.178. The first-order chi connectivity index (χ1) is 7.15. The van der Waals surface area contributed by atoms with E-state index in [0.717, 1.165) is 18.4 Å². The number of amides is 2. The average Bonchev–Trinajstić information content (AvgIpc) is 2.95. The zero-order valence-electron chi connectivity index (χ0n) is 8.58. The first-order valence-corrected chi connectivity index (χ1v) is 5.02. The fourth-order valence-corrected chi connectivity index (χ4v) is 1.31. The van der Waals surface area contributed by atoms with Gasteiger partial charge in [0, 0.05) is 11.7 Å². The van der Waals surface area contributed by atoms with Crippen molar-refractivity contribution in [1.29, 1.82) is 0 Å². The molecular weight excluding hydrogens is 192 g/mol. The highest BCUT2D eigenvalue weighted by atomic mass is 16.3. The Morgan fingerprint density at radius 3 is 2.80 bits per heavy atom. The van der Waals surface area contributed by atoms with Gasteiger partial charge in [0.25, 0.3) is 0 Å². The molecule has 15 heavy (non-hydrogen) atoms. The van der Waals surface area contributed by atoms with E-state index in [4.69, 9.17) is 0 Å². The SMILES string of the molecule is Cc1cc(NC(=O)NC2CC2)ccc1O. The maximum atomic E-state index is 11.4. The number of aryl methyl sites for hydroxylation is 1. The molecular formula is C11H14N2O2. The van der Waals surface area contributed by atoms with Crippen LogP contribution in [0.4, 0.5) is 10.5 Å². The Hall–Kier alpha value is -1.71. The molecule has 0 saturated heterocycles. The molecule has 2 rings (SSSR count). The summed E-state index contributed by atoms with van der Waals surface area (Å²) in [5.74, 6) is 0.239. The van der Waals surface area contributed by atoms with Crippen molar-refractivity contribution in [2.45, 2.75) is 25.8 Å². The van der Waals surface area contributed by atoms with E-state index in [-0.39, 0.29) is 11.8 Å². The first-order valence-electron chi connectivity index (χ1n) is 5.02. The zero-order chi connectivity index (χ0) is 10.8. The molecule has 2 amide bonds. The summed E-state index contributed by atoms with van der Waals surface area (Å²) in [6.07, 6.45) is 2.14. The van der Waals surface area contributed by atoms with E-state index >= 15 is 0 Å². The average molecular weight is 206 g/mol. The summed E-state index contributed by atoms with van der Waals surface area (Å²) < 4.78 is 0. The molecule has 1 aromatic carbocycles. The number of aromatic hydroxyl groups is 1. The van der Waals surface area contributed by atoms with Crippen LogP contribution in [0.25, 0.3) is 0 Å². The van der Waals surface area contributed by atoms with Crippen molar-refractivity contribution < 1.29 is 9.90 Å².